The summed E-state index contributed by atoms with van der Waals surface area (Å²) in [6.45, 7) is 9.30. The molecule has 1 atom stereocenters. The van der Waals surface area contributed by atoms with Crippen molar-refractivity contribution >= 4 is 14.9 Å². The smallest absolute Gasteiger partial charge is 0.372 e. The Morgan fingerprint density at radius 3 is 1.89 bits per heavy atom. The van der Waals surface area contributed by atoms with E-state index in [2.05, 4.69) is 11.9 Å². The van der Waals surface area contributed by atoms with Gasteiger partial charge in [0, 0.05) is 19.8 Å². The number of aliphatic imine (C=N–C) groups is 1. The third-order valence-corrected chi connectivity index (χ3v) is 6.04. The molecule has 0 saturated heterocycles. The summed E-state index contributed by atoms with van der Waals surface area (Å²) in [6.07, 6.45) is 5.58. The van der Waals surface area contributed by atoms with E-state index in [1.165, 1.54) is 0 Å². The second kappa shape index (κ2) is 11.3. The highest BCUT2D eigenvalue weighted by Gasteiger charge is 2.49. The van der Waals surface area contributed by atoms with Crippen molar-refractivity contribution in [1.82, 2.24) is 0 Å². The molecule has 0 aromatic rings. The van der Waals surface area contributed by atoms with E-state index < -0.39 is 8.80 Å². The molecule has 6 heteroatoms. The normalized spacial score (nSPS) is 13.1. The Morgan fingerprint density at radius 2 is 1.53 bits per heavy atom. The van der Waals surface area contributed by atoms with E-state index in [0.29, 0.717) is 19.8 Å². The molecule has 0 rings (SSSR count). The molecule has 112 valence electrons. The van der Waals surface area contributed by atoms with E-state index in [4.69, 9.17) is 13.3 Å². The second-order valence-corrected chi connectivity index (χ2v) is 6.87. The quantitative estimate of drug-likeness (QED) is 0.240. The summed E-state index contributed by atoms with van der Waals surface area (Å²) in [7, 11) is -2.93. The molecule has 19 heavy (non-hydrogen) atoms. The zero-order chi connectivity index (χ0) is 14.6. The van der Waals surface area contributed by atoms with Gasteiger partial charge < -0.3 is 13.3 Å². The van der Waals surface area contributed by atoms with Gasteiger partial charge in [-0.2, -0.15) is 4.99 Å². The van der Waals surface area contributed by atoms with Crippen molar-refractivity contribution < 1.29 is 18.1 Å². The van der Waals surface area contributed by atoms with Crippen LogP contribution in [-0.4, -0.2) is 40.4 Å². The summed E-state index contributed by atoms with van der Waals surface area (Å²) in [5, 5.41) is 0. The van der Waals surface area contributed by atoms with Crippen LogP contribution in [0.5, 0.6) is 0 Å². The molecule has 1 unspecified atom stereocenters. The number of carbonyl (C=O) groups excluding carboxylic acids is 1. The lowest BCUT2D eigenvalue weighted by Crippen LogP contribution is -2.55. The molecule has 5 nitrogen and oxygen atoms in total. The first-order chi connectivity index (χ1) is 9.20. The third kappa shape index (κ3) is 6.45. The van der Waals surface area contributed by atoms with Gasteiger partial charge in [-0.05, 0) is 27.2 Å². The molecule has 0 bridgehead atoms. The fraction of sp³-hybridized carbons (Fsp3) is 0.923. The van der Waals surface area contributed by atoms with E-state index in [-0.39, 0.29) is 5.67 Å². The van der Waals surface area contributed by atoms with Crippen LogP contribution in [0.2, 0.25) is 0 Å². The largest absolute Gasteiger partial charge is 0.527 e. The van der Waals surface area contributed by atoms with E-state index in [1.54, 1.807) is 6.08 Å². The maximum absolute atomic E-state index is 10.7. The molecule has 0 aliphatic rings. The average Bonchev–Trinajstić information content (AvgIpc) is 2.39. The van der Waals surface area contributed by atoms with E-state index in [9.17, 15) is 4.79 Å². The summed E-state index contributed by atoms with van der Waals surface area (Å²) in [5.74, 6) is 0. The Kier molecular flexibility index (Phi) is 11.0. The van der Waals surface area contributed by atoms with Crippen LogP contribution in [0.1, 0.15) is 53.4 Å². The van der Waals surface area contributed by atoms with Crippen molar-refractivity contribution in [1.29, 1.82) is 0 Å². The van der Waals surface area contributed by atoms with Crippen molar-refractivity contribution in [2.75, 3.05) is 19.8 Å². The Hall–Kier alpha value is -0.523. The first-order valence-corrected chi connectivity index (χ1v) is 8.99. The highest BCUT2D eigenvalue weighted by Crippen LogP contribution is 2.22. The molecule has 0 saturated carbocycles. The molecule has 0 aliphatic heterocycles. The molecule has 0 N–H and O–H groups in total. The monoisotopic (exact) mass is 289 g/mol. The van der Waals surface area contributed by atoms with Crippen molar-refractivity contribution in [3.63, 3.8) is 0 Å². The molecular formula is C13H27NO4Si. The Labute approximate surface area is 117 Å². The first-order valence-electron chi connectivity index (χ1n) is 7.19. The van der Waals surface area contributed by atoms with Crippen molar-refractivity contribution in [3.05, 3.63) is 0 Å². The minimum absolute atomic E-state index is 0.337. The SMILES string of the molecule is CCCCCC(N=C=O)[Si](OCC)(OCC)OCC. The standard InChI is InChI=1S/C13H27NO4Si/c1-5-9-10-11-13(14-12-15)19(16-6-2,17-7-3)18-8-4/h13H,5-11H2,1-4H3. The summed E-state index contributed by atoms with van der Waals surface area (Å²) in [6, 6.07) is 0. The second-order valence-electron chi connectivity index (χ2n) is 4.13. The fourth-order valence-electron chi connectivity index (χ4n) is 1.99. The number of nitrogens with zero attached hydrogens (tertiary/aromatic N) is 1. The van der Waals surface area contributed by atoms with Gasteiger partial charge in [0.1, 0.15) is 5.67 Å². The number of isocyanates is 1. The van der Waals surface area contributed by atoms with Gasteiger partial charge in [-0.3, -0.25) is 0 Å². The van der Waals surface area contributed by atoms with Gasteiger partial charge in [0.05, 0.1) is 0 Å². The number of unbranched alkanes of at least 4 members (excludes halogenated alkanes) is 2. The summed E-state index contributed by atoms with van der Waals surface area (Å²) >= 11 is 0. The van der Waals surface area contributed by atoms with Crippen LogP contribution < -0.4 is 0 Å². The van der Waals surface area contributed by atoms with Gasteiger partial charge in [0.15, 0.2) is 0 Å². The van der Waals surface area contributed by atoms with Crippen molar-refractivity contribution in [3.8, 4) is 0 Å². The lowest BCUT2D eigenvalue weighted by molar-refractivity contribution is 0.0613. The van der Waals surface area contributed by atoms with Gasteiger partial charge in [0.25, 0.3) is 0 Å². The van der Waals surface area contributed by atoms with Crippen LogP contribution in [0.15, 0.2) is 4.99 Å². The average molecular weight is 289 g/mol. The van der Waals surface area contributed by atoms with E-state index >= 15 is 0 Å². The third-order valence-electron chi connectivity index (χ3n) is 2.73. The van der Waals surface area contributed by atoms with Gasteiger partial charge >= 0.3 is 8.80 Å². The molecule has 0 amide bonds. The number of hydrogen-bond acceptors (Lipinski definition) is 5. The molecule has 0 radical (unpaired) electrons. The Bertz CT molecular complexity index is 252. The lowest BCUT2D eigenvalue weighted by atomic mass is 10.2. The zero-order valence-corrected chi connectivity index (χ0v) is 13.6. The number of rotatable bonds is 12. The van der Waals surface area contributed by atoms with Crippen LogP contribution in [0.4, 0.5) is 0 Å². The van der Waals surface area contributed by atoms with Gasteiger partial charge in [-0.15, -0.1) is 0 Å². The van der Waals surface area contributed by atoms with Crippen LogP contribution in [0.3, 0.4) is 0 Å². The van der Waals surface area contributed by atoms with E-state index in [0.717, 1.165) is 25.7 Å². The zero-order valence-electron chi connectivity index (χ0n) is 12.6. The maximum atomic E-state index is 10.7. The van der Waals surface area contributed by atoms with Gasteiger partial charge in [-0.1, -0.05) is 26.2 Å². The van der Waals surface area contributed by atoms with Crippen molar-refractivity contribution in [2.24, 2.45) is 4.99 Å². The first kappa shape index (κ1) is 18.5. The van der Waals surface area contributed by atoms with E-state index in [1.807, 2.05) is 20.8 Å². The molecule has 0 aromatic heterocycles. The summed E-state index contributed by atoms with van der Waals surface area (Å²) in [5.41, 5.74) is -0.337. The highest BCUT2D eigenvalue weighted by molar-refractivity contribution is 6.62. The van der Waals surface area contributed by atoms with Crippen LogP contribution in [0, 0.1) is 0 Å². The van der Waals surface area contributed by atoms with Gasteiger partial charge in [-0.25, -0.2) is 4.79 Å². The Balaban J connectivity index is 5.00. The lowest BCUT2D eigenvalue weighted by Gasteiger charge is -2.32. The summed E-state index contributed by atoms with van der Waals surface area (Å²) < 4.78 is 17.3. The molecule has 0 spiro atoms. The molecule has 0 heterocycles. The Morgan fingerprint density at radius 1 is 1.00 bits per heavy atom. The summed E-state index contributed by atoms with van der Waals surface area (Å²) in [4.78, 5) is 14.6. The molecule has 0 aromatic carbocycles. The predicted octanol–water partition coefficient (Wildman–Crippen LogP) is 2.86. The van der Waals surface area contributed by atoms with Crippen molar-refractivity contribution in [2.45, 2.75) is 59.0 Å². The maximum Gasteiger partial charge on any atom is 0.527 e. The topological polar surface area (TPSA) is 57.1 Å². The van der Waals surface area contributed by atoms with Gasteiger partial charge in [0.2, 0.25) is 6.08 Å². The minimum atomic E-state index is -2.93. The number of hydrogen-bond donors (Lipinski definition) is 0. The predicted molar refractivity (Wildman–Crippen MR) is 76.7 cm³/mol. The molecule has 0 aliphatic carbocycles. The molecular weight excluding hydrogens is 262 g/mol. The minimum Gasteiger partial charge on any atom is -0.372 e. The van der Waals surface area contributed by atoms with Crippen LogP contribution in [0.25, 0.3) is 0 Å². The molecule has 0 fully saturated rings. The van der Waals surface area contributed by atoms with Crippen LogP contribution >= 0.6 is 0 Å². The highest BCUT2D eigenvalue weighted by atomic mass is 28.4. The fourth-order valence-corrected chi connectivity index (χ4v) is 4.79. The van der Waals surface area contributed by atoms with Crippen LogP contribution in [-0.2, 0) is 18.1 Å².